The molecule has 0 aromatic carbocycles. The summed E-state index contributed by atoms with van der Waals surface area (Å²) in [5, 5.41) is 4.40. The van der Waals surface area contributed by atoms with E-state index >= 15 is 0 Å². The van der Waals surface area contributed by atoms with E-state index in [1.807, 2.05) is 0 Å². The van der Waals surface area contributed by atoms with Gasteiger partial charge in [0.25, 0.3) is 0 Å². The van der Waals surface area contributed by atoms with Crippen LogP contribution in [0.25, 0.3) is 0 Å². The molecule has 0 aliphatic heterocycles. The molecular weight excluding hydrogens is 232 g/mol. The van der Waals surface area contributed by atoms with Gasteiger partial charge in [-0.2, -0.15) is 11.3 Å². The van der Waals surface area contributed by atoms with Gasteiger partial charge >= 0.3 is 0 Å². The largest absolute Gasteiger partial charge is 0.152 e. The molecule has 0 N–H and O–H groups in total. The van der Waals surface area contributed by atoms with Gasteiger partial charge in [0.1, 0.15) is 0 Å². The van der Waals surface area contributed by atoms with Crippen LogP contribution >= 0.6 is 27.3 Å². The second-order valence-corrected chi connectivity index (χ2v) is 5.41. The fourth-order valence-electron chi connectivity index (χ4n) is 1.34. The van der Waals surface area contributed by atoms with E-state index in [-0.39, 0.29) is 0 Å². The van der Waals surface area contributed by atoms with Crippen molar-refractivity contribution in [2.45, 2.75) is 31.5 Å². The third kappa shape index (κ3) is 2.91. The number of alkyl halides is 1. The van der Waals surface area contributed by atoms with Crippen LogP contribution in [-0.4, -0.2) is 4.83 Å². The van der Waals surface area contributed by atoms with Crippen LogP contribution in [0.1, 0.15) is 25.8 Å². The van der Waals surface area contributed by atoms with Crippen molar-refractivity contribution in [2.75, 3.05) is 0 Å². The number of thiophene rings is 1. The smallest absolute Gasteiger partial charge is 0.0148 e. The Morgan fingerprint density at radius 2 is 2.33 bits per heavy atom. The van der Waals surface area contributed by atoms with Crippen LogP contribution in [0.2, 0.25) is 0 Å². The average molecular weight is 247 g/mol. The molecule has 0 radical (unpaired) electrons. The van der Waals surface area contributed by atoms with Gasteiger partial charge in [-0.1, -0.05) is 36.2 Å². The Morgan fingerprint density at radius 1 is 1.58 bits per heavy atom. The molecule has 2 unspecified atom stereocenters. The summed E-state index contributed by atoms with van der Waals surface area (Å²) < 4.78 is 0. The zero-order valence-electron chi connectivity index (χ0n) is 7.59. The fourth-order valence-corrected chi connectivity index (χ4v) is 2.59. The van der Waals surface area contributed by atoms with Crippen molar-refractivity contribution in [3.05, 3.63) is 22.4 Å². The molecule has 0 aliphatic carbocycles. The van der Waals surface area contributed by atoms with Gasteiger partial charge in [0.05, 0.1) is 0 Å². The van der Waals surface area contributed by atoms with E-state index in [1.165, 1.54) is 18.4 Å². The molecule has 12 heavy (non-hydrogen) atoms. The monoisotopic (exact) mass is 246 g/mol. The quantitative estimate of drug-likeness (QED) is 0.702. The summed E-state index contributed by atoms with van der Waals surface area (Å²) in [6, 6.07) is 2.22. The van der Waals surface area contributed by atoms with Crippen molar-refractivity contribution in [3.63, 3.8) is 0 Å². The molecule has 1 heterocycles. The molecule has 0 spiro atoms. The highest BCUT2D eigenvalue weighted by Crippen LogP contribution is 2.22. The van der Waals surface area contributed by atoms with E-state index in [0.29, 0.717) is 4.83 Å². The Morgan fingerprint density at radius 3 is 2.75 bits per heavy atom. The molecular formula is C10H15BrS. The van der Waals surface area contributed by atoms with Crippen molar-refractivity contribution >= 4 is 27.3 Å². The van der Waals surface area contributed by atoms with E-state index < -0.39 is 0 Å². The second kappa shape index (κ2) is 5.03. The summed E-state index contributed by atoms with van der Waals surface area (Å²) in [4.78, 5) is 0.627. The van der Waals surface area contributed by atoms with Gasteiger partial charge in [-0.3, -0.25) is 0 Å². The number of hydrogen-bond acceptors (Lipinski definition) is 1. The third-order valence-electron chi connectivity index (χ3n) is 2.25. The maximum absolute atomic E-state index is 3.65. The molecule has 0 aliphatic rings. The van der Waals surface area contributed by atoms with Crippen LogP contribution in [0.4, 0.5) is 0 Å². The minimum Gasteiger partial charge on any atom is -0.152 e. The van der Waals surface area contributed by atoms with Gasteiger partial charge in [0, 0.05) is 4.83 Å². The highest BCUT2D eigenvalue weighted by Gasteiger charge is 2.12. The lowest BCUT2D eigenvalue weighted by Crippen LogP contribution is -2.12. The van der Waals surface area contributed by atoms with Crippen molar-refractivity contribution in [2.24, 2.45) is 5.92 Å². The first kappa shape index (κ1) is 10.3. The summed E-state index contributed by atoms with van der Waals surface area (Å²) in [6.07, 6.45) is 2.47. The highest BCUT2D eigenvalue weighted by molar-refractivity contribution is 9.09. The summed E-state index contributed by atoms with van der Waals surface area (Å²) in [6.45, 7) is 4.50. The Hall–Kier alpha value is 0.180. The molecule has 1 rings (SSSR count). The summed E-state index contributed by atoms with van der Waals surface area (Å²) in [5.41, 5.74) is 1.48. The second-order valence-electron chi connectivity index (χ2n) is 3.18. The standard InChI is InChI=1S/C10H15BrS/c1-3-10(8(2)11)6-9-4-5-12-7-9/h4-5,7-8,10H,3,6H2,1-2H3. The number of rotatable bonds is 4. The van der Waals surface area contributed by atoms with E-state index in [0.717, 1.165) is 5.92 Å². The van der Waals surface area contributed by atoms with Gasteiger partial charge < -0.3 is 0 Å². The Labute approximate surface area is 87.1 Å². The van der Waals surface area contributed by atoms with E-state index in [1.54, 1.807) is 11.3 Å². The molecule has 0 nitrogen and oxygen atoms in total. The zero-order chi connectivity index (χ0) is 8.97. The van der Waals surface area contributed by atoms with Crippen molar-refractivity contribution < 1.29 is 0 Å². The molecule has 68 valence electrons. The fraction of sp³-hybridized carbons (Fsp3) is 0.600. The minimum absolute atomic E-state index is 0.627. The summed E-state index contributed by atoms with van der Waals surface area (Å²) >= 11 is 5.44. The van der Waals surface area contributed by atoms with Gasteiger partial charge in [0.15, 0.2) is 0 Å². The molecule has 1 aromatic rings. The lowest BCUT2D eigenvalue weighted by Gasteiger charge is -2.16. The lowest BCUT2D eigenvalue weighted by molar-refractivity contribution is 0.509. The maximum Gasteiger partial charge on any atom is 0.0148 e. The number of hydrogen-bond donors (Lipinski definition) is 0. The maximum atomic E-state index is 3.65. The Kier molecular flexibility index (Phi) is 4.30. The number of halogens is 1. The van der Waals surface area contributed by atoms with Crippen LogP contribution in [0.3, 0.4) is 0 Å². The normalized spacial score (nSPS) is 15.9. The molecule has 0 fully saturated rings. The predicted octanol–water partition coefficient (Wildman–Crippen LogP) is 4.10. The summed E-state index contributed by atoms with van der Waals surface area (Å²) in [7, 11) is 0. The molecule has 0 bridgehead atoms. The van der Waals surface area contributed by atoms with E-state index in [9.17, 15) is 0 Å². The van der Waals surface area contributed by atoms with E-state index in [2.05, 4.69) is 46.6 Å². The third-order valence-corrected chi connectivity index (χ3v) is 3.73. The van der Waals surface area contributed by atoms with E-state index in [4.69, 9.17) is 0 Å². The van der Waals surface area contributed by atoms with Crippen molar-refractivity contribution in [1.82, 2.24) is 0 Å². The first-order chi connectivity index (χ1) is 5.74. The van der Waals surface area contributed by atoms with Crippen molar-refractivity contribution in [3.8, 4) is 0 Å². The Balaban J connectivity index is 2.48. The van der Waals surface area contributed by atoms with Gasteiger partial charge in [-0.15, -0.1) is 0 Å². The molecule has 2 atom stereocenters. The van der Waals surface area contributed by atoms with Gasteiger partial charge in [0.2, 0.25) is 0 Å². The summed E-state index contributed by atoms with van der Waals surface area (Å²) in [5.74, 6) is 0.777. The SMILES string of the molecule is CCC(Cc1ccsc1)C(C)Br. The van der Waals surface area contributed by atoms with Crippen LogP contribution in [0.5, 0.6) is 0 Å². The highest BCUT2D eigenvalue weighted by atomic mass is 79.9. The minimum atomic E-state index is 0.627. The van der Waals surface area contributed by atoms with Crippen LogP contribution in [-0.2, 0) is 6.42 Å². The molecule has 0 saturated carbocycles. The molecule has 0 amide bonds. The topological polar surface area (TPSA) is 0 Å². The van der Waals surface area contributed by atoms with Gasteiger partial charge in [-0.05, 0) is 34.7 Å². The lowest BCUT2D eigenvalue weighted by atomic mass is 9.96. The van der Waals surface area contributed by atoms with Crippen molar-refractivity contribution in [1.29, 1.82) is 0 Å². The van der Waals surface area contributed by atoms with Crippen LogP contribution < -0.4 is 0 Å². The molecule has 1 aromatic heterocycles. The van der Waals surface area contributed by atoms with Crippen LogP contribution in [0, 0.1) is 5.92 Å². The molecule has 2 heteroatoms. The average Bonchev–Trinajstić information content (AvgIpc) is 2.51. The first-order valence-corrected chi connectivity index (χ1v) is 6.25. The van der Waals surface area contributed by atoms with Gasteiger partial charge in [-0.25, -0.2) is 0 Å². The van der Waals surface area contributed by atoms with Crippen LogP contribution in [0.15, 0.2) is 16.8 Å². The zero-order valence-corrected chi connectivity index (χ0v) is 9.99. The molecule has 0 saturated heterocycles. The first-order valence-electron chi connectivity index (χ1n) is 4.39. The predicted molar refractivity (Wildman–Crippen MR) is 60.2 cm³/mol. The Bertz CT molecular complexity index is 204.